The number of nitrogens with two attached hydrogens (primary N) is 1. The highest BCUT2D eigenvalue weighted by Gasteiger charge is 2.18. The fourth-order valence-electron chi connectivity index (χ4n) is 1.99. The Hall–Kier alpha value is -1.81. The summed E-state index contributed by atoms with van der Waals surface area (Å²) in [4.78, 5) is 0. The number of aryl methyl sites for hydroxylation is 1. The van der Waals surface area contributed by atoms with Crippen LogP contribution in [0, 0.1) is 24.4 Å². The minimum atomic E-state index is -0.801. The molecule has 0 aliphatic rings. The van der Waals surface area contributed by atoms with Gasteiger partial charge in [0.25, 0.3) is 0 Å². The van der Waals surface area contributed by atoms with Gasteiger partial charge in [-0.15, -0.1) is 0 Å². The molecule has 2 aromatic carbocycles. The SMILES string of the molecule is Cc1ccc(F)c(C(N)Cc2ccc(F)cc2)c1F. The summed E-state index contributed by atoms with van der Waals surface area (Å²) < 4.78 is 40.3. The van der Waals surface area contributed by atoms with Crippen molar-refractivity contribution in [3.63, 3.8) is 0 Å². The van der Waals surface area contributed by atoms with E-state index in [0.29, 0.717) is 5.56 Å². The summed E-state index contributed by atoms with van der Waals surface area (Å²) in [5.41, 5.74) is 6.82. The fourth-order valence-corrected chi connectivity index (χ4v) is 1.99. The van der Waals surface area contributed by atoms with Gasteiger partial charge in [-0.05, 0) is 42.7 Å². The Labute approximate surface area is 109 Å². The van der Waals surface area contributed by atoms with Crippen LogP contribution in [0.15, 0.2) is 36.4 Å². The summed E-state index contributed by atoms with van der Waals surface area (Å²) in [6, 6.07) is 7.49. The molecular formula is C15H14F3N. The van der Waals surface area contributed by atoms with Gasteiger partial charge in [-0.2, -0.15) is 0 Å². The molecule has 0 saturated heterocycles. The lowest BCUT2D eigenvalue weighted by molar-refractivity contribution is 0.519. The van der Waals surface area contributed by atoms with E-state index in [2.05, 4.69) is 0 Å². The Morgan fingerprint density at radius 1 is 1.00 bits per heavy atom. The Bertz CT molecular complexity index is 579. The lowest BCUT2D eigenvalue weighted by Crippen LogP contribution is -2.17. The van der Waals surface area contributed by atoms with Crippen molar-refractivity contribution >= 4 is 0 Å². The van der Waals surface area contributed by atoms with E-state index in [9.17, 15) is 13.2 Å². The summed E-state index contributed by atoms with van der Waals surface area (Å²) in [5.74, 6) is -1.63. The van der Waals surface area contributed by atoms with Crippen molar-refractivity contribution in [1.29, 1.82) is 0 Å². The van der Waals surface area contributed by atoms with Crippen LogP contribution in [-0.4, -0.2) is 0 Å². The summed E-state index contributed by atoms with van der Waals surface area (Å²) in [7, 11) is 0. The van der Waals surface area contributed by atoms with Crippen LogP contribution in [0.3, 0.4) is 0 Å². The molecule has 0 bridgehead atoms. The fraction of sp³-hybridized carbons (Fsp3) is 0.200. The van der Waals surface area contributed by atoms with E-state index in [1.165, 1.54) is 24.3 Å². The molecule has 0 amide bonds. The summed E-state index contributed by atoms with van der Waals surface area (Å²) in [6.45, 7) is 1.56. The summed E-state index contributed by atoms with van der Waals surface area (Å²) in [6.07, 6.45) is 0.248. The average molecular weight is 265 g/mol. The van der Waals surface area contributed by atoms with E-state index in [0.717, 1.165) is 5.56 Å². The van der Waals surface area contributed by atoms with Gasteiger partial charge in [-0.25, -0.2) is 13.2 Å². The molecule has 1 unspecified atom stereocenters. The molecule has 0 spiro atoms. The lowest BCUT2D eigenvalue weighted by atomic mass is 9.97. The van der Waals surface area contributed by atoms with E-state index in [-0.39, 0.29) is 17.8 Å². The van der Waals surface area contributed by atoms with Gasteiger partial charge in [0, 0.05) is 11.6 Å². The molecule has 4 heteroatoms. The third kappa shape index (κ3) is 2.96. The van der Waals surface area contributed by atoms with E-state index >= 15 is 0 Å². The molecule has 2 aromatic rings. The first-order valence-corrected chi connectivity index (χ1v) is 5.93. The maximum atomic E-state index is 13.9. The third-order valence-electron chi connectivity index (χ3n) is 3.06. The molecule has 1 nitrogen and oxygen atoms in total. The van der Waals surface area contributed by atoms with Crippen molar-refractivity contribution in [2.45, 2.75) is 19.4 Å². The molecule has 1 atom stereocenters. The molecule has 0 aliphatic carbocycles. The Morgan fingerprint density at radius 3 is 2.26 bits per heavy atom. The normalized spacial score (nSPS) is 12.5. The van der Waals surface area contributed by atoms with Crippen LogP contribution in [-0.2, 0) is 6.42 Å². The second-order valence-corrected chi connectivity index (χ2v) is 4.53. The first-order chi connectivity index (χ1) is 8.99. The van der Waals surface area contributed by atoms with Crippen molar-refractivity contribution in [1.82, 2.24) is 0 Å². The Balaban J connectivity index is 2.27. The maximum Gasteiger partial charge on any atom is 0.133 e. The summed E-state index contributed by atoms with van der Waals surface area (Å²) in [5, 5.41) is 0. The van der Waals surface area contributed by atoms with E-state index < -0.39 is 17.7 Å². The van der Waals surface area contributed by atoms with Gasteiger partial charge in [0.2, 0.25) is 0 Å². The molecule has 2 N–H and O–H groups in total. The van der Waals surface area contributed by atoms with Gasteiger partial charge in [-0.3, -0.25) is 0 Å². The zero-order valence-electron chi connectivity index (χ0n) is 10.5. The zero-order valence-corrected chi connectivity index (χ0v) is 10.5. The van der Waals surface area contributed by atoms with Crippen LogP contribution in [0.5, 0.6) is 0 Å². The Kier molecular flexibility index (Phi) is 3.90. The molecule has 2 rings (SSSR count). The number of halogens is 3. The van der Waals surface area contributed by atoms with Gasteiger partial charge < -0.3 is 5.73 Å². The van der Waals surface area contributed by atoms with Gasteiger partial charge in [0.15, 0.2) is 0 Å². The van der Waals surface area contributed by atoms with E-state index in [1.807, 2.05) is 0 Å². The monoisotopic (exact) mass is 265 g/mol. The van der Waals surface area contributed by atoms with Crippen molar-refractivity contribution in [2.24, 2.45) is 5.73 Å². The van der Waals surface area contributed by atoms with Crippen molar-refractivity contribution in [3.05, 3.63) is 70.5 Å². The molecule has 0 fully saturated rings. The second-order valence-electron chi connectivity index (χ2n) is 4.53. The van der Waals surface area contributed by atoms with Crippen molar-refractivity contribution in [3.8, 4) is 0 Å². The first kappa shape index (κ1) is 13.6. The number of hydrogen-bond acceptors (Lipinski definition) is 1. The van der Waals surface area contributed by atoms with Crippen LogP contribution >= 0.6 is 0 Å². The molecule has 19 heavy (non-hydrogen) atoms. The summed E-state index contributed by atoms with van der Waals surface area (Å²) >= 11 is 0. The predicted octanol–water partition coefficient (Wildman–Crippen LogP) is 3.65. The van der Waals surface area contributed by atoms with Crippen LogP contribution in [0.1, 0.15) is 22.7 Å². The van der Waals surface area contributed by atoms with Gasteiger partial charge in [-0.1, -0.05) is 18.2 Å². The van der Waals surface area contributed by atoms with Gasteiger partial charge in [0.05, 0.1) is 0 Å². The van der Waals surface area contributed by atoms with Crippen LogP contribution in [0.2, 0.25) is 0 Å². The number of hydrogen-bond donors (Lipinski definition) is 1. The van der Waals surface area contributed by atoms with Gasteiger partial charge >= 0.3 is 0 Å². The zero-order chi connectivity index (χ0) is 14.0. The van der Waals surface area contributed by atoms with Crippen LogP contribution in [0.4, 0.5) is 13.2 Å². The molecule has 0 saturated carbocycles. The van der Waals surface area contributed by atoms with E-state index in [4.69, 9.17) is 5.73 Å². The average Bonchev–Trinajstić information content (AvgIpc) is 2.37. The predicted molar refractivity (Wildman–Crippen MR) is 68.1 cm³/mol. The molecule has 0 heterocycles. The maximum absolute atomic E-state index is 13.9. The number of rotatable bonds is 3. The largest absolute Gasteiger partial charge is 0.323 e. The van der Waals surface area contributed by atoms with Crippen molar-refractivity contribution < 1.29 is 13.2 Å². The highest BCUT2D eigenvalue weighted by molar-refractivity contribution is 5.30. The topological polar surface area (TPSA) is 26.0 Å². The smallest absolute Gasteiger partial charge is 0.133 e. The number of benzene rings is 2. The van der Waals surface area contributed by atoms with E-state index in [1.54, 1.807) is 19.1 Å². The highest BCUT2D eigenvalue weighted by Crippen LogP contribution is 2.24. The van der Waals surface area contributed by atoms with Crippen molar-refractivity contribution in [2.75, 3.05) is 0 Å². The third-order valence-corrected chi connectivity index (χ3v) is 3.06. The molecule has 0 aliphatic heterocycles. The van der Waals surface area contributed by atoms with Crippen LogP contribution in [0.25, 0.3) is 0 Å². The standard InChI is InChI=1S/C15H14F3N/c1-9-2-7-12(17)14(15(9)18)13(19)8-10-3-5-11(16)6-4-10/h2-7,13H,8,19H2,1H3. The quantitative estimate of drug-likeness (QED) is 0.900. The minimum absolute atomic E-state index is 0.121. The molecule has 0 radical (unpaired) electrons. The molecule has 0 aromatic heterocycles. The molecule has 100 valence electrons. The minimum Gasteiger partial charge on any atom is -0.323 e. The second kappa shape index (κ2) is 5.45. The highest BCUT2D eigenvalue weighted by atomic mass is 19.1. The van der Waals surface area contributed by atoms with Crippen LogP contribution < -0.4 is 5.73 Å². The first-order valence-electron chi connectivity index (χ1n) is 5.93. The lowest BCUT2D eigenvalue weighted by Gasteiger charge is -2.15. The molecular weight excluding hydrogens is 251 g/mol. The Morgan fingerprint density at radius 2 is 1.63 bits per heavy atom. The van der Waals surface area contributed by atoms with Gasteiger partial charge in [0.1, 0.15) is 17.5 Å².